The van der Waals surface area contributed by atoms with Crippen LogP contribution in [0.4, 0.5) is 0 Å². The van der Waals surface area contributed by atoms with E-state index in [4.69, 9.17) is 4.74 Å². The van der Waals surface area contributed by atoms with E-state index >= 15 is 0 Å². The number of nitrogens with zero attached hydrogens (tertiary/aromatic N) is 5. The highest BCUT2D eigenvalue weighted by Crippen LogP contribution is 2.21. The number of ether oxygens (including phenoxy) is 1. The normalized spacial score (nSPS) is 17.6. The first kappa shape index (κ1) is 16.7. The second-order valence-corrected chi connectivity index (χ2v) is 6.46. The summed E-state index contributed by atoms with van der Waals surface area (Å²) in [6, 6.07) is 9.73. The van der Waals surface area contributed by atoms with E-state index in [0.29, 0.717) is 25.5 Å². The largest absolute Gasteiger partial charge is 0.368 e. The molecule has 1 aliphatic heterocycles. The first-order valence-electron chi connectivity index (χ1n) is 8.72. The summed E-state index contributed by atoms with van der Waals surface area (Å²) in [4.78, 5) is 27.8. The Kier molecular flexibility index (Phi) is 4.38. The lowest BCUT2D eigenvalue weighted by Crippen LogP contribution is -2.44. The molecule has 26 heavy (non-hydrogen) atoms. The van der Waals surface area contributed by atoms with E-state index in [0.717, 1.165) is 22.6 Å². The fourth-order valence-electron chi connectivity index (χ4n) is 3.34. The number of carbonyl (C=O) groups excluding carboxylic acids is 1. The molecule has 0 saturated carbocycles. The molecule has 1 atom stereocenters. The van der Waals surface area contributed by atoms with Crippen molar-refractivity contribution in [2.75, 3.05) is 19.7 Å². The molecule has 134 valence electrons. The molecule has 7 heteroatoms. The smallest absolute Gasteiger partial charge is 0.242 e. The van der Waals surface area contributed by atoms with Gasteiger partial charge in [-0.05, 0) is 32.0 Å². The van der Waals surface area contributed by atoms with Gasteiger partial charge in [0, 0.05) is 12.7 Å². The molecule has 2 aromatic heterocycles. The van der Waals surface area contributed by atoms with Crippen molar-refractivity contribution in [3.63, 3.8) is 0 Å². The second kappa shape index (κ2) is 6.84. The number of fused-ring (bicyclic) bond motifs is 1. The fourth-order valence-corrected chi connectivity index (χ4v) is 3.34. The molecular weight excluding hydrogens is 330 g/mol. The predicted octanol–water partition coefficient (Wildman–Crippen LogP) is 2.04. The van der Waals surface area contributed by atoms with Gasteiger partial charge in [-0.25, -0.2) is 15.0 Å². The molecule has 0 radical (unpaired) electrons. The summed E-state index contributed by atoms with van der Waals surface area (Å²) in [5.74, 6) is 1.61. The van der Waals surface area contributed by atoms with Crippen LogP contribution in [0.15, 0.2) is 36.5 Å². The zero-order valence-corrected chi connectivity index (χ0v) is 14.9. The predicted molar refractivity (Wildman–Crippen MR) is 96.5 cm³/mol. The van der Waals surface area contributed by atoms with Crippen LogP contribution in [-0.4, -0.2) is 50.0 Å². The Morgan fingerprint density at radius 3 is 2.92 bits per heavy atom. The molecule has 1 unspecified atom stereocenters. The highest BCUT2D eigenvalue weighted by Gasteiger charge is 2.27. The topological polar surface area (TPSA) is 73.1 Å². The van der Waals surface area contributed by atoms with Crippen molar-refractivity contribution in [3.05, 3.63) is 53.9 Å². The SMILES string of the molecule is Cc1nccc(C2CN(C(=O)Cn3c(C)nc4ccccc43)CCO2)n1. The first-order valence-corrected chi connectivity index (χ1v) is 8.72. The Labute approximate surface area is 151 Å². The Balaban J connectivity index is 1.51. The van der Waals surface area contributed by atoms with Gasteiger partial charge in [0.25, 0.3) is 0 Å². The molecule has 3 aromatic rings. The third kappa shape index (κ3) is 3.17. The van der Waals surface area contributed by atoms with E-state index in [2.05, 4.69) is 15.0 Å². The molecule has 1 aromatic carbocycles. The zero-order valence-electron chi connectivity index (χ0n) is 14.9. The Morgan fingerprint density at radius 2 is 2.08 bits per heavy atom. The van der Waals surface area contributed by atoms with E-state index in [9.17, 15) is 4.79 Å². The van der Waals surface area contributed by atoms with E-state index in [-0.39, 0.29) is 18.6 Å². The molecule has 0 spiro atoms. The van der Waals surface area contributed by atoms with Crippen LogP contribution in [0, 0.1) is 13.8 Å². The second-order valence-electron chi connectivity index (χ2n) is 6.46. The summed E-state index contributed by atoms with van der Waals surface area (Å²) in [5.41, 5.74) is 2.71. The number of imidazole rings is 1. The Bertz CT molecular complexity index is 952. The monoisotopic (exact) mass is 351 g/mol. The number of benzene rings is 1. The van der Waals surface area contributed by atoms with Crippen molar-refractivity contribution in [3.8, 4) is 0 Å². The van der Waals surface area contributed by atoms with Crippen molar-refractivity contribution < 1.29 is 9.53 Å². The van der Waals surface area contributed by atoms with Crippen LogP contribution in [0.25, 0.3) is 11.0 Å². The minimum Gasteiger partial charge on any atom is -0.368 e. The maximum absolute atomic E-state index is 12.9. The minimum atomic E-state index is -0.213. The number of hydrogen-bond donors (Lipinski definition) is 0. The third-order valence-corrected chi connectivity index (χ3v) is 4.69. The maximum atomic E-state index is 12.9. The molecule has 7 nitrogen and oxygen atoms in total. The van der Waals surface area contributed by atoms with Gasteiger partial charge < -0.3 is 14.2 Å². The average molecular weight is 351 g/mol. The Hall–Kier alpha value is -2.80. The number of para-hydroxylation sites is 2. The number of hydrogen-bond acceptors (Lipinski definition) is 5. The minimum absolute atomic E-state index is 0.0651. The van der Waals surface area contributed by atoms with Gasteiger partial charge in [0.2, 0.25) is 5.91 Å². The molecule has 1 aliphatic rings. The summed E-state index contributed by atoms with van der Waals surface area (Å²) in [7, 11) is 0. The molecule has 1 amide bonds. The number of morpholine rings is 1. The summed E-state index contributed by atoms with van der Waals surface area (Å²) < 4.78 is 7.79. The van der Waals surface area contributed by atoms with Gasteiger partial charge in [-0.15, -0.1) is 0 Å². The molecule has 4 rings (SSSR count). The van der Waals surface area contributed by atoms with Crippen LogP contribution in [0.3, 0.4) is 0 Å². The maximum Gasteiger partial charge on any atom is 0.242 e. The van der Waals surface area contributed by atoms with Crippen LogP contribution in [0.5, 0.6) is 0 Å². The highest BCUT2D eigenvalue weighted by molar-refractivity contribution is 5.81. The van der Waals surface area contributed by atoms with Crippen molar-refractivity contribution in [1.82, 2.24) is 24.4 Å². The van der Waals surface area contributed by atoms with E-state index in [1.54, 1.807) is 6.20 Å². The summed E-state index contributed by atoms with van der Waals surface area (Å²) in [6.07, 6.45) is 1.51. The number of rotatable bonds is 3. The lowest BCUT2D eigenvalue weighted by atomic mass is 10.2. The van der Waals surface area contributed by atoms with Crippen molar-refractivity contribution in [2.24, 2.45) is 0 Å². The lowest BCUT2D eigenvalue weighted by Gasteiger charge is -2.33. The van der Waals surface area contributed by atoms with Gasteiger partial charge in [0.1, 0.15) is 24.3 Å². The molecule has 1 saturated heterocycles. The molecule has 0 aliphatic carbocycles. The van der Waals surface area contributed by atoms with E-state index < -0.39 is 0 Å². The number of amides is 1. The zero-order chi connectivity index (χ0) is 18.1. The lowest BCUT2D eigenvalue weighted by molar-refractivity contribution is -0.139. The van der Waals surface area contributed by atoms with Gasteiger partial charge in [-0.2, -0.15) is 0 Å². The van der Waals surface area contributed by atoms with Crippen molar-refractivity contribution in [2.45, 2.75) is 26.5 Å². The van der Waals surface area contributed by atoms with Crippen LogP contribution >= 0.6 is 0 Å². The van der Waals surface area contributed by atoms with E-state index in [1.807, 2.05) is 53.6 Å². The van der Waals surface area contributed by atoms with Crippen LogP contribution < -0.4 is 0 Å². The molecular formula is C19H21N5O2. The van der Waals surface area contributed by atoms with Crippen LogP contribution in [-0.2, 0) is 16.1 Å². The summed E-state index contributed by atoms with van der Waals surface area (Å²) in [6.45, 7) is 5.65. The van der Waals surface area contributed by atoms with Gasteiger partial charge in [-0.1, -0.05) is 12.1 Å². The average Bonchev–Trinajstić information content (AvgIpc) is 2.97. The van der Waals surface area contributed by atoms with Gasteiger partial charge >= 0.3 is 0 Å². The summed E-state index contributed by atoms with van der Waals surface area (Å²) in [5, 5.41) is 0. The van der Waals surface area contributed by atoms with Crippen LogP contribution in [0.2, 0.25) is 0 Å². The van der Waals surface area contributed by atoms with Gasteiger partial charge in [-0.3, -0.25) is 4.79 Å². The standard InChI is InChI=1S/C19H21N5O2/c1-13-20-8-7-16(21-13)18-11-23(9-10-26-18)19(25)12-24-14(2)22-15-5-3-4-6-17(15)24/h3-8,18H,9-12H2,1-2H3. The fraction of sp³-hybridized carbons (Fsp3) is 0.368. The van der Waals surface area contributed by atoms with Crippen molar-refractivity contribution >= 4 is 16.9 Å². The first-order chi connectivity index (χ1) is 12.6. The third-order valence-electron chi connectivity index (χ3n) is 4.69. The number of aromatic nitrogens is 4. The van der Waals surface area contributed by atoms with Crippen molar-refractivity contribution in [1.29, 1.82) is 0 Å². The van der Waals surface area contributed by atoms with Gasteiger partial charge in [0.05, 0.1) is 29.9 Å². The molecule has 3 heterocycles. The quantitative estimate of drug-likeness (QED) is 0.722. The molecule has 1 fully saturated rings. The molecule has 0 N–H and O–H groups in total. The van der Waals surface area contributed by atoms with Crippen LogP contribution in [0.1, 0.15) is 23.4 Å². The van der Waals surface area contributed by atoms with Gasteiger partial charge in [0.15, 0.2) is 0 Å². The van der Waals surface area contributed by atoms with E-state index in [1.165, 1.54) is 0 Å². The molecule has 0 bridgehead atoms. The highest BCUT2D eigenvalue weighted by atomic mass is 16.5. The summed E-state index contributed by atoms with van der Waals surface area (Å²) >= 11 is 0. The Morgan fingerprint density at radius 1 is 1.23 bits per heavy atom. The number of aryl methyl sites for hydroxylation is 2. The number of carbonyl (C=O) groups is 1.